The number of piperidine rings is 1. The lowest BCUT2D eigenvalue weighted by atomic mass is 9.98. The molecule has 0 aliphatic carbocycles. The van der Waals surface area contributed by atoms with Crippen molar-refractivity contribution in [3.63, 3.8) is 0 Å². The largest absolute Gasteiger partial charge is 0.330 e. The van der Waals surface area contributed by atoms with E-state index in [-0.39, 0.29) is 0 Å². The summed E-state index contributed by atoms with van der Waals surface area (Å²) in [4.78, 5) is 2.46. The van der Waals surface area contributed by atoms with Gasteiger partial charge >= 0.3 is 0 Å². The van der Waals surface area contributed by atoms with Crippen molar-refractivity contribution in [1.82, 2.24) is 4.90 Å². The number of nitriles is 1. The number of rotatable bonds is 3. The summed E-state index contributed by atoms with van der Waals surface area (Å²) in [5.74, 6) is 0.655. The molecule has 1 aliphatic rings. The van der Waals surface area contributed by atoms with Crippen LogP contribution in [0.4, 0.5) is 0 Å². The molecule has 1 unspecified atom stereocenters. The molecule has 17 heavy (non-hydrogen) atoms. The maximum absolute atomic E-state index is 8.74. The Bertz CT molecular complexity index is 391. The van der Waals surface area contributed by atoms with E-state index in [0.29, 0.717) is 5.92 Å². The van der Waals surface area contributed by atoms with Crippen molar-refractivity contribution >= 4 is 0 Å². The zero-order chi connectivity index (χ0) is 12.1. The van der Waals surface area contributed by atoms with E-state index < -0.39 is 0 Å². The molecule has 1 atom stereocenters. The third-order valence-electron chi connectivity index (χ3n) is 3.43. The quantitative estimate of drug-likeness (QED) is 0.858. The van der Waals surface area contributed by atoms with Gasteiger partial charge in [-0.2, -0.15) is 5.26 Å². The first kappa shape index (κ1) is 12.1. The zero-order valence-corrected chi connectivity index (χ0v) is 10.1. The minimum atomic E-state index is 0.655. The standard InChI is InChI=1S/C14H19N3/c15-8-12-3-5-13(6-4-12)10-17-7-1-2-14(9-16)11-17/h3-6,14H,1-2,7,9-11,16H2. The summed E-state index contributed by atoms with van der Waals surface area (Å²) in [7, 11) is 0. The minimum absolute atomic E-state index is 0.655. The van der Waals surface area contributed by atoms with Gasteiger partial charge in [-0.1, -0.05) is 12.1 Å². The number of likely N-dealkylation sites (tertiary alicyclic amines) is 1. The summed E-state index contributed by atoms with van der Waals surface area (Å²) < 4.78 is 0. The van der Waals surface area contributed by atoms with E-state index in [4.69, 9.17) is 11.0 Å². The van der Waals surface area contributed by atoms with Crippen molar-refractivity contribution in [3.8, 4) is 6.07 Å². The summed E-state index contributed by atoms with van der Waals surface area (Å²) in [5, 5.41) is 8.74. The summed E-state index contributed by atoms with van der Waals surface area (Å²) in [6.45, 7) is 4.04. The predicted molar refractivity (Wildman–Crippen MR) is 68.2 cm³/mol. The Morgan fingerprint density at radius 1 is 1.35 bits per heavy atom. The van der Waals surface area contributed by atoms with Crippen molar-refractivity contribution in [3.05, 3.63) is 35.4 Å². The van der Waals surface area contributed by atoms with E-state index >= 15 is 0 Å². The molecule has 0 radical (unpaired) electrons. The van der Waals surface area contributed by atoms with Crippen LogP contribution in [0.5, 0.6) is 0 Å². The Morgan fingerprint density at radius 3 is 2.76 bits per heavy atom. The molecule has 0 bridgehead atoms. The molecule has 0 spiro atoms. The first-order valence-electron chi connectivity index (χ1n) is 6.23. The predicted octanol–water partition coefficient (Wildman–Crippen LogP) is 1.73. The molecule has 0 amide bonds. The molecule has 1 aromatic carbocycles. The van der Waals surface area contributed by atoms with Gasteiger partial charge in [-0.25, -0.2) is 0 Å². The van der Waals surface area contributed by atoms with E-state index in [1.165, 1.54) is 18.4 Å². The second-order valence-electron chi connectivity index (χ2n) is 4.79. The Kier molecular flexibility index (Phi) is 4.13. The second-order valence-corrected chi connectivity index (χ2v) is 4.79. The van der Waals surface area contributed by atoms with Gasteiger partial charge < -0.3 is 5.73 Å². The van der Waals surface area contributed by atoms with Gasteiger partial charge in [0.25, 0.3) is 0 Å². The molecule has 2 rings (SSSR count). The number of nitrogens with two attached hydrogens (primary N) is 1. The fraction of sp³-hybridized carbons (Fsp3) is 0.500. The Morgan fingerprint density at radius 2 is 2.12 bits per heavy atom. The van der Waals surface area contributed by atoms with E-state index in [9.17, 15) is 0 Å². The highest BCUT2D eigenvalue weighted by Crippen LogP contribution is 2.17. The van der Waals surface area contributed by atoms with Gasteiger partial charge in [0.05, 0.1) is 11.6 Å². The van der Waals surface area contributed by atoms with Gasteiger partial charge in [0.1, 0.15) is 0 Å². The van der Waals surface area contributed by atoms with Crippen molar-refractivity contribution in [1.29, 1.82) is 5.26 Å². The first-order chi connectivity index (χ1) is 8.31. The average molecular weight is 229 g/mol. The van der Waals surface area contributed by atoms with Crippen LogP contribution >= 0.6 is 0 Å². The van der Waals surface area contributed by atoms with Crippen LogP contribution in [0.15, 0.2) is 24.3 Å². The summed E-state index contributed by atoms with van der Waals surface area (Å²) in [6.07, 6.45) is 2.51. The normalized spacial score (nSPS) is 21.1. The van der Waals surface area contributed by atoms with E-state index in [1.54, 1.807) is 0 Å². The van der Waals surface area contributed by atoms with E-state index in [0.717, 1.165) is 31.7 Å². The molecule has 1 saturated heterocycles. The Balaban J connectivity index is 1.93. The molecule has 3 nitrogen and oxygen atoms in total. The molecule has 3 heteroatoms. The molecule has 1 heterocycles. The van der Waals surface area contributed by atoms with Crippen LogP contribution in [0, 0.1) is 17.2 Å². The molecular formula is C14H19N3. The maximum Gasteiger partial charge on any atom is 0.0991 e. The monoisotopic (exact) mass is 229 g/mol. The maximum atomic E-state index is 8.74. The third kappa shape index (κ3) is 3.29. The number of benzene rings is 1. The van der Waals surface area contributed by atoms with Crippen LogP contribution in [0.3, 0.4) is 0 Å². The molecule has 1 aromatic rings. The Hall–Kier alpha value is -1.37. The second kappa shape index (κ2) is 5.81. The fourth-order valence-electron chi connectivity index (χ4n) is 2.43. The van der Waals surface area contributed by atoms with Crippen LogP contribution in [0.2, 0.25) is 0 Å². The zero-order valence-electron chi connectivity index (χ0n) is 10.1. The lowest BCUT2D eigenvalue weighted by Gasteiger charge is -2.32. The molecular weight excluding hydrogens is 210 g/mol. The van der Waals surface area contributed by atoms with Crippen molar-refractivity contribution in [2.24, 2.45) is 11.7 Å². The van der Waals surface area contributed by atoms with Gasteiger partial charge in [0, 0.05) is 13.1 Å². The van der Waals surface area contributed by atoms with Crippen molar-refractivity contribution in [2.45, 2.75) is 19.4 Å². The van der Waals surface area contributed by atoms with Crippen molar-refractivity contribution in [2.75, 3.05) is 19.6 Å². The fourth-order valence-corrected chi connectivity index (χ4v) is 2.43. The first-order valence-corrected chi connectivity index (χ1v) is 6.23. The average Bonchev–Trinajstić information content (AvgIpc) is 2.40. The van der Waals surface area contributed by atoms with Crippen molar-refractivity contribution < 1.29 is 0 Å². The highest BCUT2D eigenvalue weighted by molar-refractivity contribution is 5.31. The molecule has 2 N–H and O–H groups in total. The van der Waals surface area contributed by atoms with E-state index in [2.05, 4.69) is 11.0 Å². The van der Waals surface area contributed by atoms with Crippen LogP contribution in [-0.4, -0.2) is 24.5 Å². The summed E-state index contributed by atoms with van der Waals surface area (Å²) >= 11 is 0. The number of hydrogen-bond donors (Lipinski definition) is 1. The smallest absolute Gasteiger partial charge is 0.0991 e. The highest BCUT2D eigenvalue weighted by Gasteiger charge is 2.18. The molecule has 0 saturated carbocycles. The lowest BCUT2D eigenvalue weighted by Crippen LogP contribution is -2.37. The third-order valence-corrected chi connectivity index (χ3v) is 3.43. The van der Waals surface area contributed by atoms with Gasteiger partial charge in [-0.3, -0.25) is 4.90 Å². The minimum Gasteiger partial charge on any atom is -0.330 e. The van der Waals surface area contributed by atoms with Crippen LogP contribution < -0.4 is 5.73 Å². The van der Waals surface area contributed by atoms with Gasteiger partial charge in [-0.15, -0.1) is 0 Å². The highest BCUT2D eigenvalue weighted by atomic mass is 15.1. The van der Waals surface area contributed by atoms with Crippen LogP contribution in [0.25, 0.3) is 0 Å². The van der Waals surface area contributed by atoms with Gasteiger partial charge in [-0.05, 0) is 49.5 Å². The van der Waals surface area contributed by atoms with E-state index in [1.807, 2.05) is 24.3 Å². The summed E-state index contributed by atoms with van der Waals surface area (Å²) in [6, 6.07) is 10.0. The van der Waals surface area contributed by atoms with Gasteiger partial charge in [0.2, 0.25) is 0 Å². The van der Waals surface area contributed by atoms with Crippen LogP contribution in [0.1, 0.15) is 24.0 Å². The molecule has 1 aliphatic heterocycles. The number of hydrogen-bond acceptors (Lipinski definition) is 3. The van der Waals surface area contributed by atoms with Gasteiger partial charge in [0.15, 0.2) is 0 Å². The molecule has 1 fully saturated rings. The summed E-state index contributed by atoms with van der Waals surface area (Å²) in [5.41, 5.74) is 7.74. The Labute approximate surface area is 103 Å². The molecule has 90 valence electrons. The SMILES string of the molecule is N#Cc1ccc(CN2CCCC(CN)C2)cc1. The lowest BCUT2D eigenvalue weighted by molar-refractivity contribution is 0.171. The number of nitrogens with zero attached hydrogens (tertiary/aromatic N) is 2. The topological polar surface area (TPSA) is 53.0 Å². The van der Waals surface area contributed by atoms with Crippen LogP contribution in [-0.2, 0) is 6.54 Å². The molecule has 0 aromatic heterocycles.